The van der Waals surface area contributed by atoms with Crippen molar-refractivity contribution in [3.05, 3.63) is 67.7 Å². The average Bonchev–Trinajstić information content (AvgIpc) is 3.41. The van der Waals surface area contributed by atoms with Gasteiger partial charge in [-0.15, -0.1) is 11.3 Å². The molecule has 0 aliphatic heterocycles. The average molecular weight is 478 g/mol. The molecule has 0 unspecified atom stereocenters. The molecule has 0 fully saturated rings. The van der Waals surface area contributed by atoms with E-state index in [1.165, 1.54) is 0 Å². The zero-order valence-electron chi connectivity index (χ0n) is 19.1. The molecular formula is C25H23N3O5S. The Morgan fingerprint density at radius 3 is 2.76 bits per heavy atom. The van der Waals surface area contributed by atoms with Crippen molar-refractivity contribution >= 4 is 44.4 Å². The van der Waals surface area contributed by atoms with Gasteiger partial charge in [-0.05, 0) is 57.2 Å². The number of benzene rings is 1. The number of aromatic nitrogens is 3. The van der Waals surface area contributed by atoms with Crippen LogP contribution in [0.1, 0.15) is 69.0 Å². The molecule has 174 valence electrons. The van der Waals surface area contributed by atoms with E-state index in [9.17, 15) is 14.4 Å². The number of fused-ring (bicyclic) bond motifs is 3. The molecule has 8 nitrogen and oxygen atoms in total. The van der Waals surface area contributed by atoms with Crippen molar-refractivity contribution < 1.29 is 19.1 Å². The fourth-order valence-corrected chi connectivity index (χ4v) is 5.55. The highest BCUT2D eigenvalue weighted by Crippen LogP contribution is 2.32. The summed E-state index contributed by atoms with van der Waals surface area (Å²) in [4.78, 5) is 51.1. The third kappa shape index (κ3) is 3.66. The second-order valence-electron chi connectivity index (χ2n) is 8.24. The first-order valence-corrected chi connectivity index (χ1v) is 12.0. The van der Waals surface area contributed by atoms with Gasteiger partial charge in [0.05, 0.1) is 23.1 Å². The number of aromatic amines is 1. The molecule has 9 heteroatoms. The van der Waals surface area contributed by atoms with Gasteiger partial charge in [-0.1, -0.05) is 18.2 Å². The van der Waals surface area contributed by atoms with E-state index in [0.717, 1.165) is 52.8 Å². The fraction of sp³-hybridized carbons (Fsp3) is 0.320. The number of para-hydroxylation sites is 1. The van der Waals surface area contributed by atoms with Crippen LogP contribution in [0.15, 0.2) is 29.1 Å². The highest BCUT2D eigenvalue weighted by atomic mass is 32.1. The van der Waals surface area contributed by atoms with E-state index in [1.807, 2.05) is 24.3 Å². The minimum absolute atomic E-state index is 0.220. The number of hydrogen-bond donors (Lipinski definition) is 1. The maximum absolute atomic E-state index is 13.3. The van der Waals surface area contributed by atoms with Crippen LogP contribution in [0.3, 0.4) is 0 Å². The minimum atomic E-state index is -0.804. The molecule has 1 aliphatic carbocycles. The molecule has 5 rings (SSSR count). The van der Waals surface area contributed by atoms with Crippen LogP contribution in [-0.4, -0.2) is 33.5 Å². The lowest BCUT2D eigenvalue weighted by molar-refractivity contribution is 0.0320. The van der Waals surface area contributed by atoms with E-state index in [4.69, 9.17) is 14.5 Å². The molecular weight excluding hydrogens is 454 g/mol. The Morgan fingerprint density at radius 2 is 1.97 bits per heavy atom. The van der Waals surface area contributed by atoms with E-state index in [0.29, 0.717) is 26.2 Å². The smallest absolute Gasteiger partial charge is 0.348 e. The fourth-order valence-electron chi connectivity index (χ4n) is 4.46. The van der Waals surface area contributed by atoms with Crippen molar-refractivity contribution in [3.63, 3.8) is 0 Å². The molecule has 34 heavy (non-hydrogen) atoms. The quantitative estimate of drug-likeness (QED) is 0.423. The van der Waals surface area contributed by atoms with E-state index >= 15 is 0 Å². The van der Waals surface area contributed by atoms with Crippen molar-refractivity contribution in [2.24, 2.45) is 0 Å². The van der Waals surface area contributed by atoms with E-state index in [-0.39, 0.29) is 18.0 Å². The summed E-state index contributed by atoms with van der Waals surface area (Å²) < 4.78 is 10.9. The number of nitrogens with one attached hydrogen (secondary N) is 1. The molecule has 1 aliphatic rings. The summed E-state index contributed by atoms with van der Waals surface area (Å²) in [6.45, 7) is 5.32. The van der Waals surface area contributed by atoms with Crippen molar-refractivity contribution in [1.29, 1.82) is 0 Å². The van der Waals surface area contributed by atoms with E-state index in [1.54, 1.807) is 20.8 Å². The van der Waals surface area contributed by atoms with Crippen LogP contribution < -0.4 is 5.56 Å². The number of carbonyl (C=O) groups is 2. The normalized spacial score (nSPS) is 13.7. The maximum Gasteiger partial charge on any atom is 0.348 e. The van der Waals surface area contributed by atoms with Gasteiger partial charge in [-0.2, -0.15) is 0 Å². The SMILES string of the molecule is CCOC(=O)c1sc2nc([C@H](C)OC(=O)c3c4c(nc5ccccc35)CCC4)[nH]c(=O)c2c1C. The number of H-pyrrole nitrogens is 1. The van der Waals surface area contributed by atoms with E-state index in [2.05, 4.69) is 9.97 Å². The van der Waals surface area contributed by atoms with Crippen LogP contribution in [0.25, 0.3) is 21.1 Å². The summed E-state index contributed by atoms with van der Waals surface area (Å²) in [6, 6.07) is 7.53. The topological polar surface area (TPSA) is 111 Å². The molecule has 3 heterocycles. The standard InChI is InChI=1S/C25H23N3O5S/c1-4-32-25(31)20-12(2)18-22(29)27-21(28-23(18)34-20)13(3)33-24(30)19-14-8-5-6-10-16(14)26-17-11-7-9-15(17)19/h5-6,8,10,13H,4,7,9,11H2,1-3H3,(H,27,28,29)/t13-/m0/s1. The number of nitrogens with zero attached hydrogens (tertiary/aromatic N) is 2. The van der Waals surface area contributed by atoms with Gasteiger partial charge in [0, 0.05) is 11.1 Å². The number of carbonyl (C=O) groups excluding carboxylic acids is 2. The zero-order chi connectivity index (χ0) is 24.0. The number of esters is 2. The van der Waals surface area contributed by atoms with Gasteiger partial charge in [0.25, 0.3) is 5.56 Å². The van der Waals surface area contributed by atoms with Crippen LogP contribution in [-0.2, 0) is 22.3 Å². The molecule has 1 aromatic carbocycles. The third-order valence-corrected chi connectivity index (χ3v) is 7.24. The second kappa shape index (κ2) is 8.64. The van der Waals surface area contributed by atoms with Crippen LogP contribution in [0.5, 0.6) is 0 Å². The van der Waals surface area contributed by atoms with Gasteiger partial charge in [0.2, 0.25) is 0 Å². The summed E-state index contributed by atoms with van der Waals surface area (Å²) in [6.07, 6.45) is 1.75. The van der Waals surface area contributed by atoms with Crippen LogP contribution in [0.4, 0.5) is 0 Å². The Morgan fingerprint density at radius 1 is 1.18 bits per heavy atom. The Bertz CT molecular complexity index is 1520. The van der Waals surface area contributed by atoms with E-state index < -0.39 is 18.0 Å². The zero-order valence-corrected chi connectivity index (χ0v) is 19.9. The lowest BCUT2D eigenvalue weighted by atomic mass is 10.0. The van der Waals surface area contributed by atoms with Crippen molar-refractivity contribution in [2.75, 3.05) is 6.61 Å². The summed E-state index contributed by atoms with van der Waals surface area (Å²) >= 11 is 1.10. The summed E-state index contributed by atoms with van der Waals surface area (Å²) in [5.74, 6) is -0.735. The molecule has 0 saturated heterocycles. The van der Waals surface area contributed by atoms with Gasteiger partial charge >= 0.3 is 11.9 Å². The van der Waals surface area contributed by atoms with Gasteiger partial charge in [0.15, 0.2) is 11.9 Å². The Labute approximate surface area is 199 Å². The number of ether oxygens (including phenoxy) is 2. The minimum Gasteiger partial charge on any atom is -0.462 e. The van der Waals surface area contributed by atoms with Crippen LogP contribution in [0, 0.1) is 6.92 Å². The van der Waals surface area contributed by atoms with Gasteiger partial charge in [0.1, 0.15) is 9.71 Å². The lowest BCUT2D eigenvalue weighted by Gasteiger charge is -2.16. The van der Waals surface area contributed by atoms with Gasteiger partial charge < -0.3 is 14.5 Å². The number of aryl methyl sites for hydroxylation is 2. The number of hydrogen-bond acceptors (Lipinski definition) is 8. The van der Waals surface area contributed by atoms with Gasteiger partial charge in [-0.3, -0.25) is 9.78 Å². The molecule has 4 aromatic rings. The van der Waals surface area contributed by atoms with Crippen LogP contribution >= 0.6 is 11.3 Å². The first-order chi connectivity index (χ1) is 16.4. The Balaban J connectivity index is 1.50. The second-order valence-corrected chi connectivity index (χ2v) is 9.24. The maximum atomic E-state index is 13.3. The van der Waals surface area contributed by atoms with Crippen LogP contribution in [0.2, 0.25) is 0 Å². The predicted molar refractivity (Wildman–Crippen MR) is 129 cm³/mol. The van der Waals surface area contributed by atoms with Crippen molar-refractivity contribution in [1.82, 2.24) is 15.0 Å². The molecule has 0 bridgehead atoms. The lowest BCUT2D eigenvalue weighted by Crippen LogP contribution is -2.18. The van der Waals surface area contributed by atoms with Gasteiger partial charge in [-0.25, -0.2) is 14.6 Å². The largest absolute Gasteiger partial charge is 0.462 e. The Hall–Kier alpha value is -3.59. The first-order valence-electron chi connectivity index (χ1n) is 11.2. The third-order valence-electron chi connectivity index (χ3n) is 6.07. The Kier molecular flexibility index (Phi) is 5.65. The molecule has 0 radical (unpaired) electrons. The summed E-state index contributed by atoms with van der Waals surface area (Å²) in [7, 11) is 0. The number of pyridine rings is 1. The van der Waals surface area contributed by atoms with Crippen molar-refractivity contribution in [3.8, 4) is 0 Å². The molecule has 0 spiro atoms. The highest BCUT2D eigenvalue weighted by Gasteiger charge is 2.27. The molecule has 3 aromatic heterocycles. The summed E-state index contributed by atoms with van der Waals surface area (Å²) in [5, 5.41) is 1.10. The molecule has 0 saturated carbocycles. The monoisotopic (exact) mass is 477 g/mol. The molecule has 0 amide bonds. The molecule has 1 atom stereocenters. The number of thiophene rings is 1. The first kappa shape index (κ1) is 22.2. The number of rotatable bonds is 5. The highest BCUT2D eigenvalue weighted by molar-refractivity contribution is 7.20. The molecule has 1 N–H and O–H groups in total. The van der Waals surface area contributed by atoms with Crippen molar-refractivity contribution in [2.45, 2.75) is 46.1 Å². The summed E-state index contributed by atoms with van der Waals surface area (Å²) in [5.41, 5.74) is 3.30. The predicted octanol–water partition coefficient (Wildman–Crippen LogP) is 4.42.